The van der Waals surface area contributed by atoms with Crippen molar-refractivity contribution >= 4 is 5.82 Å². The number of nitriles is 1. The average Bonchev–Trinajstić information content (AvgIpc) is 2.75. The van der Waals surface area contributed by atoms with Crippen LogP contribution in [-0.4, -0.2) is 11.6 Å². The summed E-state index contributed by atoms with van der Waals surface area (Å²) >= 11 is 0. The molecule has 0 amide bonds. The average molecular weight is 400 g/mol. The van der Waals surface area contributed by atoms with E-state index in [1.54, 1.807) is 0 Å². The Kier molecular flexibility index (Phi) is 7.08. The van der Waals surface area contributed by atoms with Gasteiger partial charge in [-0.3, -0.25) is 0 Å². The van der Waals surface area contributed by atoms with Gasteiger partial charge in [-0.05, 0) is 61.2 Å². The quantitative estimate of drug-likeness (QED) is 0.442. The van der Waals surface area contributed by atoms with Gasteiger partial charge in [0.1, 0.15) is 23.2 Å². The first-order valence-electron chi connectivity index (χ1n) is 10.5. The Morgan fingerprint density at radius 1 is 0.933 bits per heavy atom. The number of hydrogen-bond donors (Lipinski definition) is 1. The number of aromatic nitrogens is 1. The summed E-state index contributed by atoms with van der Waals surface area (Å²) in [6.07, 6.45) is 4.72. The molecule has 2 aromatic carbocycles. The molecule has 30 heavy (non-hydrogen) atoms. The summed E-state index contributed by atoms with van der Waals surface area (Å²) in [6, 6.07) is 18.2. The number of aryl methyl sites for hydroxylation is 2. The van der Waals surface area contributed by atoms with Crippen LogP contribution in [0.3, 0.4) is 0 Å². The van der Waals surface area contributed by atoms with Crippen LogP contribution in [0, 0.1) is 25.2 Å². The molecular formula is C26H29N3O. The van der Waals surface area contributed by atoms with Crippen LogP contribution in [0.4, 0.5) is 5.82 Å². The Balaban J connectivity index is 1.88. The maximum absolute atomic E-state index is 9.65. The van der Waals surface area contributed by atoms with Crippen molar-refractivity contribution in [1.82, 2.24) is 4.98 Å². The number of pyridine rings is 1. The molecule has 3 aromatic rings. The van der Waals surface area contributed by atoms with Crippen LogP contribution in [0.5, 0.6) is 5.75 Å². The smallest absolute Gasteiger partial charge is 0.142 e. The number of nitrogen functional groups attached to an aromatic ring is 1. The van der Waals surface area contributed by atoms with Gasteiger partial charge in [-0.2, -0.15) is 5.26 Å². The second kappa shape index (κ2) is 9.93. The van der Waals surface area contributed by atoms with Gasteiger partial charge in [0.15, 0.2) is 0 Å². The van der Waals surface area contributed by atoms with E-state index >= 15 is 0 Å². The molecule has 3 rings (SSSR count). The van der Waals surface area contributed by atoms with E-state index in [4.69, 9.17) is 10.5 Å². The van der Waals surface area contributed by atoms with Gasteiger partial charge in [0.25, 0.3) is 0 Å². The molecule has 0 bridgehead atoms. The lowest BCUT2D eigenvalue weighted by Crippen LogP contribution is -2.00. The van der Waals surface area contributed by atoms with Crippen molar-refractivity contribution in [3.63, 3.8) is 0 Å². The molecule has 154 valence electrons. The van der Waals surface area contributed by atoms with Gasteiger partial charge in [0.2, 0.25) is 0 Å². The molecule has 0 unspecified atom stereocenters. The Morgan fingerprint density at radius 2 is 1.67 bits per heavy atom. The van der Waals surface area contributed by atoms with E-state index in [1.165, 1.54) is 30.4 Å². The third kappa shape index (κ3) is 4.99. The predicted molar refractivity (Wildman–Crippen MR) is 123 cm³/mol. The molecular weight excluding hydrogens is 370 g/mol. The molecule has 0 saturated heterocycles. The van der Waals surface area contributed by atoms with Gasteiger partial charge < -0.3 is 10.5 Å². The van der Waals surface area contributed by atoms with Crippen molar-refractivity contribution in [3.8, 4) is 34.2 Å². The lowest BCUT2D eigenvalue weighted by Gasteiger charge is -2.12. The van der Waals surface area contributed by atoms with E-state index in [2.05, 4.69) is 44.0 Å². The van der Waals surface area contributed by atoms with Crippen LogP contribution in [0.2, 0.25) is 0 Å². The van der Waals surface area contributed by atoms with Gasteiger partial charge in [-0.25, -0.2) is 4.98 Å². The molecule has 0 aliphatic heterocycles. The van der Waals surface area contributed by atoms with E-state index in [9.17, 15) is 5.26 Å². The molecule has 0 radical (unpaired) electrons. The molecule has 0 spiro atoms. The minimum absolute atomic E-state index is 0.250. The highest BCUT2D eigenvalue weighted by Crippen LogP contribution is 2.32. The maximum atomic E-state index is 9.65. The lowest BCUT2D eigenvalue weighted by atomic mass is 9.97. The lowest BCUT2D eigenvalue weighted by molar-refractivity contribution is 0.305. The Hall–Kier alpha value is -3.32. The van der Waals surface area contributed by atoms with Crippen molar-refractivity contribution in [2.75, 3.05) is 12.3 Å². The Labute approximate surface area is 179 Å². The van der Waals surface area contributed by atoms with Gasteiger partial charge >= 0.3 is 0 Å². The van der Waals surface area contributed by atoms with Gasteiger partial charge in [0, 0.05) is 11.1 Å². The van der Waals surface area contributed by atoms with Crippen molar-refractivity contribution in [2.45, 2.75) is 46.5 Å². The number of unbranched alkanes of at least 4 members (excludes halogenated alkanes) is 3. The number of hydrogen-bond acceptors (Lipinski definition) is 4. The molecule has 4 heteroatoms. The highest BCUT2D eigenvalue weighted by molar-refractivity contribution is 5.80. The van der Waals surface area contributed by atoms with Crippen molar-refractivity contribution in [1.29, 1.82) is 5.26 Å². The number of nitrogens with two attached hydrogens (primary N) is 1. The summed E-state index contributed by atoms with van der Waals surface area (Å²) < 4.78 is 5.84. The van der Waals surface area contributed by atoms with Crippen molar-refractivity contribution in [2.24, 2.45) is 0 Å². The molecule has 1 aromatic heterocycles. The largest absolute Gasteiger partial charge is 0.494 e. The van der Waals surface area contributed by atoms with Crippen LogP contribution in [0.25, 0.3) is 22.4 Å². The fourth-order valence-electron chi connectivity index (χ4n) is 3.41. The zero-order valence-electron chi connectivity index (χ0n) is 18.0. The third-order valence-electron chi connectivity index (χ3n) is 5.39. The molecule has 4 nitrogen and oxygen atoms in total. The first-order valence-corrected chi connectivity index (χ1v) is 10.5. The Bertz CT molecular complexity index is 1050. The van der Waals surface area contributed by atoms with Crippen LogP contribution < -0.4 is 10.5 Å². The first kappa shape index (κ1) is 21.4. The molecule has 0 fully saturated rings. The monoisotopic (exact) mass is 399 g/mol. The van der Waals surface area contributed by atoms with E-state index in [-0.39, 0.29) is 5.82 Å². The third-order valence-corrected chi connectivity index (χ3v) is 5.39. The minimum Gasteiger partial charge on any atom is -0.494 e. The second-order valence-electron chi connectivity index (χ2n) is 7.66. The van der Waals surface area contributed by atoms with E-state index < -0.39 is 0 Å². The van der Waals surface area contributed by atoms with Crippen molar-refractivity contribution < 1.29 is 4.74 Å². The molecule has 2 N–H and O–H groups in total. The minimum atomic E-state index is 0.250. The van der Waals surface area contributed by atoms with E-state index in [0.717, 1.165) is 41.2 Å². The molecule has 0 atom stereocenters. The number of rotatable bonds is 8. The van der Waals surface area contributed by atoms with Crippen molar-refractivity contribution in [3.05, 3.63) is 65.2 Å². The Morgan fingerprint density at radius 3 is 2.33 bits per heavy atom. The van der Waals surface area contributed by atoms with Gasteiger partial charge in [-0.1, -0.05) is 50.5 Å². The van der Waals surface area contributed by atoms with Gasteiger partial charge in [-0.15, -0.1) is 0 Å². The molecule has 1 heterocycles. The van der Waals surface area contributed by atoms with Gasteiger partial charge in [0.05, 0.1) is 12.3 Å². The highest BCUT2D eigenvalue weighted by Gasteiger charge is 2.14. The fourth-order valence-corrected chi connectivity index (χ4v) is 3.41. The summed E-state index contributed by atoms with van der Waals surface area (Å²) in [5, 5.41) is 9.65. The summed E-state index contributed by atoms with van der Waals surface area (Å²) in [5.41, 5.74) is 12.4. The second-order valence-corrected chi connectivity index (χ2v) is 7.66. The zero-order valence-corrected chi connectivity index (χ0v) is 18.0. The standard InChI is InChI=1S/C26H29N3O/c1-4-5-6-7-14-30-22-12-10-20(11-13-22)23-16-25(29-26(28)24(23)17-27)21-9-8-18(2)19(3)15-21/h8-13,15-16H,4-7,14H2,1-3H3,(H2,28,29). The maximum Gasteiger partial charge on any atom is 0.142 e. The summed E-state index contributed by atoms with van der Waals surface area (Å²) in [5.74, 6) is 1.09. The summed E-state index contributed by atoms with van der Waals surface area (Å²) in [7, 11) is 0. The SMILES string of the molecule is CCCCCCOc1ccc(-c2cc(-c3ccc(C)c(C)c3)nc(N)c2C#N)cc1. The first-order chi connectivity index (χ1) is 14.5. The normalized spacial score (nSPS) is 10.6. The summed E-state index contributed by atoms with van der Waals surface area (Å²) in [6.45, 7) is 7.08. The van der Waals surface area contributed by atoms with Crippen LogP contribution in [0.15, 0.2) is 48.5 Å². The number of ether oxygens (including phenoxy) is 1. The van der Waals surface area contributed by atoms with E-state index in [0.29, 0.717) is 5.56 Å². The fraction of sp³-hybridized carbons (Fsp3) is 0.308. The van der Waals surface area contributed by atoms with Crippen LogP contribution >= 0.6 is 0 Å². The number of nitrogens with zero attached hydrogens (tertiary/aromatic N) is 2. The zero-order chi connectivity index (χ0) is 21.5. The van der Waals surface area contributed by atoms with Crippen LogP contribution in [-0.2, 0) is 0 Å². The molecule has 0 aliphatic carbocycles. The van der Waals surface area contributed by atoms with E-state index in [1.807, 2.05) is 36.4 Å². The number of anilines is 1. The number of benzene rings is 2. The molecule has 0 aliphatic rings. The molecule has 0 saturated carbocycles. The highest BCUT2D eigenvalue weighted by atomic mass is 16.5. The van der Waals surface area contributed by atoms with Crippen LogP contribution in [0.1, 0.15) is 49.3 Å². The predicted octanol–water partition coefficient (Wildman–Crippen LogP) is 6.45. The topological polar surface area (TPSA) is 71.9 Å². The summed E-state index contributed by atoms with van der Waals surface area (Å²) in [4.78, 5) is 4.48.